The first-order chi connectivity index (χ1) is 14.1. The van der Waals surface area contributed by atoms with Crippen LogP contribution in [0.4, 0.5) is 14.6 Å². The Morgan fingerprint density at radius 3 is 3.00 bits per heavy atom. The van der Waals surface area contributed by atoms with Crippen LogP contribution in [-0.2, 0) is 4.74 Å². The number of imidazole rings is 1. The molecule has 0 amide bonds. The zero-order chi connectivity index (χ0) is 21.2. The van der Waals surface area contributed by atoms with Crippen LogP contribution in [0.15, 0.2) is 24.7 Å². The summed E-state index contributed by atoms with van der Waals surface area (Å²) in [6.07, 6.45) is 2.58. The highest BCUT2D eigenvalue weighted by molar-refractivity contribution is 7.78. The molecule has 0 aromatic carbocycles. The fraction of sp³-hybridized carbons (Fsp3) is 0.412. The van der Waals surface area contributed by atoms with E-state index in [1.807, 2.05) is 6.07 Å². The Labute approximate surface area is 172 Å². The second-order valence-electron chi connectivity index (χ2n) is 5.83. The Kier molecular flexibility index (Phi) is 9.12. The summed E-state index contributed by atoms with van der Waals surface area (Å²) in [5, 5.41) is 7.13. The summed E-state index contributed by atoms with van der Waals surface area (Å²) in [5.74, 6) is 1.13. The summed E-state index contributed by atoms with van der Waals surface area (Å²) in [6.45, 7) is 2.61. The molecule has 1 atom stereocenters. The third-order valence-electron chi connectivity index (χ3n) is 3.96. The molecule has 0 aliphatic carbocycles. The topological polar surface area (TPSA) is 129 Å². The molecular weight excluding hydrogens is 402 g/mol. The first-order valence-corrected chi connectivity index (χ1v) is 9.25. The van der Waals surface area contributed by atoms with Crippen LogP contribution in [0.25, 0.3) is 17.5 Å². The van der Waals surface area contributed by atoms with Crippen molar-refractivity contribution < 1.29 is 13.5 Å². The number of morpholine rings is 1. The van der Waals surface area contributed by atoms with Gasteiger partial charge >= 0.3 is 0 Å². The van der Waals surface area contributed by atoms with Gasteiger partial charge in [-0.25, -0.2) is 23.7 Å². The predicted molar refractivity (Wildman–Crippen MR) is 111 cm³/mol. The monoisotopic (exact) mass is 426 g/mol. The molecule has 12 heteroatoms. The maximum absolute atomic E-state index is 12.4. The third-order valence-corrected chi connectivity index (χ3v) is 4.14. The van der Waals surface area contributed by atoms with Crippen molar-refractivity contribution in [3.63, 3.8) is 0 Å². The van der Waals surface area contributed by atoms with Crippen molar-refractivity contribution in [1.29, 1.82) is 5.41 Å². The van der Waals surface area contributed by atoms with Gasteiger partial charge in [0.2, 0.25) is 0 Å². The molecule has 3 heterocycles. The minimum absolute atomic E-state index is 0.0173. The summed E-state index contributed by atoms with van der Waals surface area (Å²) < 4.78 is 33.2. The number of H-pyrrole nitrogens is 1. The number of hydrogen-bond donors (Lipinski definition) is 5. The Bertz CT molecular complexity index is 814. The quantitative estimate of drug-likeness (QED) is 0.334. The molecule has 1 fully saturated rings. The predicted octanol–water partition coefficient (Wildman–Crippen LogP) is 1.38. The Hall–Kier alpha value is -2.41. The summed E-state index contributed by atoms with van der Waals surface area (Å²) in [5.41, 5.74) is 4.99. The van der Waals surface area contributed by atoms with E-state index in [4.69, 9.17) is 10.1 Å². The molecule has 0 bridgehead atoms. The second-order valence-corrected chi connectivity index (χ2v) is 6.15. The van der Waals surface area contributed by atoms with Gasteiger partial charge in [-0.15, -0.1) is 0 Å². The van der Waals surface area contributed by atoms with Crippen LogP contribution in [0.2, 0.25) is 0 Å². The molecule has 0 radical (unpaired) electrons. The molecule has 1 unspecified atom stereocenters. The minimum Gasteiger partial charge on any atom is -0.373 e. The Morgan fingerprint density at radius 1 is 1.48 bits per heavy atom. The average Bonchev–Trinajstić information content (AvgIpc) is 3.23. The summed E-state index contributed by atoms with van der Waals surface area (Å²) in [4.78, 5) is 17.8. The van der Waals surface area contributed by atoms with E-state index in [1.54, 1.807) is 6.20 Å². The summed E-state index contributed by atoms with van der Waals surface area (Å²) in [6, 6.07) is 1.83. The van der Waals surface area contributed by atoms with Gasteiger partial charge < -0.3 is 20.4 Å². The standard InChI is InChI=1S/C16H19F2N7OS.CH5N/c17-16(18)11(19)1-2-14-20-7-13(24-14)12-5-15(22-9-21-12)25-3-4-26-10(8-25)6-23-27;1-2/h1-2,5,7,9-10,16,19,23,27H,3-4,6,8H2,(H,20,24);2H2,1H3/b2-1-,19-11?;. The van der Waals surface area contributed by atoms with E-state index >= 15 is 0 Å². The number of thiol groups is 1. The van der Waals surface area contributed by atoms with Crippen LogP contribution in [0.1, 0.15) is 5.82 Å². The van der Waals surface area contributed by atoms with Crippen LogP contribution in [0.3, 0.4) is 0 Å². The molecule has 1 saturated heterocycles. The zero-order valence-corrected chi connectivity index (χ0v) is 16.7. The van der Waals surface area contributed by atoms with Gasteiger partial charge in [0.25, 0.3) is 6.43 Å². The van der Waals surface area contributed by atoms with Gasteiger partial charge in [0.05, 0.1) is 36.0 Å². The zero-order valence-electron chi connectivity index (χ0n) is 15.8. The molecule has 3 rings (SSSR count). The van der Waals surface area contributed by atoms with Gasteiger partial charge in [-0.3, -0.25) is 10.1 Å². The van der Waals surface area contributed by atoms with E-state index in [9.17, 15) is 8.78 Å². The van der Waals surface area contributed by atoms with Crippen molar-refractivity contribution in [3.05, 3.63) is 30.5 Å². The second kappa shape index (κ2) is 11.6. The van der Waals surface area contributed by atoms with Gasteiger partial charge in [-0.2, -0.15) is 0 Å². The van der Waals surface area contributed by atoms with Crippen molar-refractivity contribution in [2.45, 2.75) is 12.5 Å². The van der Waals surface area contributed by atoms with Crippen molar-refractivity contribution in [1.82, 2.24) is 24.7 Å². The van der Waals surface area contributed by atoms with Crippen molar-refractivity contribution >= 4 is 30.4 Å². The SMILES string of the molecule is CN.N=C(/C=C\c1ncc(-c2cc(N3CCOC(CNS)C3)ncn2)[nH]1)C(F)F. The van der Waals surface area contributed by atoms with E-state index in [0.717, 1.165) is 11.9 Å². The molecular formula is C17H24F2N8OS. The molecule has 158 valence electrons. The number of anilines is 1. The molecule has 1 aliphatic heterocycles. The van der Waals surface area contributed by atoms with Gasteiger partial charge in [-0.05, 0) is 19.2 Å². The number of nitrogens with one attached hydrogen (secondary N) is 3. The fourth-order valence-electron chi connectivity index (χ4n) is 2.61. The molecule has 29 heavy (non-hydrogen) atoms. The molecule has 9 nitrogen and oxygen atoms in total. The number of nitrogens with two attached hydrogens (primary N) is 1. The largest absolute Gasteiger partial charge is 0.373 e. The van der Waals surface area contributed by atoms with Gasteiger partial charge in [0, 0.05) is 25.7 Å². The average molecular weight is 426 g/mol. The van der Waals surface area contributed by atoms with Crippen LogP contribution >= 0.6 is 12.8 Å². The van der Waals surface area contributed by atoms with E-state index in [-0.39, 0.29) is 6.10 Å². The van der Waals surface area contributed by atoms with E-state index < -0.39 is 12.1 Å². The Morgan fingerprint density at radius 2 is 2.28 bits per heavy atom. The van der Waals surface area contributed by atoms with Crippen molar-refractivity contribution in [2.75, 3.05) is 38.2 Å². The van der Waals surface area contributed by atoms with Crippen molar-refractivity contribution in [2.24, 2.45) is 5.73 Å². The van der Waals surface area contributed by atoms with E-state index in [0.29, 0.717) is 43.5 Å². The maximum Gasteiger partial charge on any atom is 0.279 e. The molecule has 1 aliphatic rings. The lowest BCUT2D eigenvalue weighted by Crippen LogP contribution is -2.46. The normalized spacial score (nSPS) is 16.8. The number of rotatable bonds is 7. The van der Waals surface area contributed by atoms with Gasteiger partial charge in [0.15, 0.2) is 0 Å². The number of halogens is 2. The smallest absolute Gasteiger partial charge is 0.279 e. The number of allylic oxidation sites excluding steroid dienone is 1. The molecule has 0 spiro atoms. The van der Waals surface area contributed by atoms with Crippen LogP contribution in [0, 0.1) is 5.41 Å². The van der Waals surface area contributed by atoms with Crippen LogP contribution in [-0.4, -0.2) is 71.5 Å². The first-order valence-electron chi connectivity index (χ1n) is 8.80. The highest BCUT2D eigenvalue weighted by Crippen LogP contribution is 2.21. The van der Waals surface area contributed by atoms with E-state index in [2.05, 4.69) is 48.1 Å². The number of alkyl halides is 2. The number of nitrogens with zero attached hydrogens (tertiary/aromatic N) is 4. The lowest BCUT2D eigenvalue weighted by Gasteiger charge is -2.33. The molecule has 2 aromatic heterocycles. The molecule has 2 aromatic rings. The molecule has 0 saturated carbocycles. The van der Waals surface area contributed by atoms with Gasteiger partial charge in [0.1, 0.15) is 18.0 Å². The number of ether oxygens (including phenoxy) is 1. The lowest BCUT2D eigenvalue weighted by atomic mass is 10.2. The molecule has 5 N–H and O–H groups in total. The summed E-state index contributed by atoms with van der Waals surface area (Å²) in [7, 11) is 1.50. The highest BCUT2D eigenvalue weighted by Gasteiger charge is 2.21. The van der Waals surface area contributed by atoms with Crippen LogP contribution < -0.4 is 15.4 Å². The lowest BCUT2D eigenvalue weighted by molar-refractivity contribution is 0.0445. The minimum atomic E-state index is -2.81. The fourth-order valence-corrected chi connectivity index (χ4v) is 2.82. The van der Waals surface area contributed by atoms with Crippen LogP contribution in [0.5, 0.6) is 0 Å². The van der Waals surface area contributed by atoms with E-state index in [1.165, 1.54) is 19.5 Å². The number of hydrogen-bond acceptors (Lipinski definition) is 9. The van der Waals surface area contributed by atoms with Crippen molar-refractivity contribution in [3.8, 4) is 11.4 Å². The highest BCUT2D eigenvalue weighted by atomic mass is 32.1. The van der Waals surface area contributed by atoms with Gasteiger partial charge in [-0.1, -0.05) is 12.8 Å². The number of aromatic amines is 1. The third kappa shape index (κ3) is 6.56. The first kappa shape index (κ1) is 22.9. The number of aromatic nitrogens is 4. The maximum atomic E-state index is 12.4. The Balaban J connectivity index is 0.00000145. The summed E-state index contributed by atoms with van der Waals surface area (Å²) >= 11 is 4.01.